The number of H-pyrrole nitrogens is 1. The Morgan fingerprint density at radius 3 is 2.64 bits per heavy atom. The van der Waals surface area contributed by atoms with E-state index in [1.165, 1.54) is 10.7 Å². The number of aromatic amines is 1. The molecule has 11 nitrogen and oxygen atoms in total. The van der Waals surface area contributed by atoms with Crippen LogP contribution in [-0.4, -0.2) is 48.1 Å². The molecule has 3 N–H and O–H groups in total. The largest absolute Gasteiger partial charge is 0.496 e. The maximum atomic E-state index is 11.3. The number of fused-ring (bicyclic) bond motifs is 3. The number of aromatic nitrogens is 6. The fraction of sp³-hybridized carbons (Fsp3) is 0.227. The molecule has 5 rings (SSSR count). The second-order valence-corrected chi connectivity index (χ2v) is 7.73. The van der Waals surface area contributed by atoms with E-state index >= 15 is 0 Å². The van der Waals surface area contributed by atoms with Crippen LogP contribution in [0, 0.1) is 20.8 Å². The van der Waals surface area contributed by atoms with Crippen LogP contribution in [0.4, 0.5) is 11.6 Å². The number of hydrogen-bond donors (Lipinski definition) is 3. The van der Waals surface area contributed by atoms with Crippen LogP contribution in [0.2, 0.25) is 0 Å². The molecule has 0 atom stereocenters. The molecule has 33 heavy (non-hydrogen) atoms. The molecule has 0 amide bonds. The van der Waals surface area contributed by atoms with Gasteiger partial charge in [0, 0.05) is 29.6 Å². The van der Waals surface area contributed by atoms with Crippen molar-refractivity contribution in [1.82, 2.24) is 29.9 Å². The van der Waals surface area contributed by atoms with Gasteiger partial charge in [0.05, 0.1) is 23.8 Å². The summed E-state index contributed by atoms with van der Waals surface area (Å²) in [7, 11) is 3.27. The van der Waals surface area contributed by atoms with Gasteiger partial charge < -0.3 is 24.7 Å². The summed E-state index contributed by atoms with van der Waals surface area (Å²) in [4.78, 5) is 23.8. The number of aromatic carboxylic acids is 1. The third kappa shape index (κ3) is 3.25. The van der Waals surface area contributed by atoms with Crippen molar-refractivity contribution in [3.63, 3.8) is 0 Å². The monoisotopic (exact) mass is 447 g/mol. The van der Waals surface area contributed by atoms with Gasteiger partial charge in [0.2, 0.25) is 0 Å². The summed E-state index contributed by atoms with van der Waals surface area (Å²) in [5.41, 5.74) is 3.91. The van der Waals surface area contributed by atoms with E-state index < -0.39 is 5.97 Å². The van der Waals surface area contributed by atoms with Crippen LogP contribution in [0.1, 0.15) is 27.8 Å². The zero-order chi connectivity index (χ0) is 23.4. The zero-order valence-corrected chi connectivity index (χ0v) is 18.6. The molecule has 0 saturated carbocycles. The van der Waals surface area contributed by atoms with Crippen molar-refractivity contribution < 1.29 is 19.2 Å². The molecular weight excluding hydrogens is 426 g/mol. The van der Waals surface area contributed by atoms with Gasteiger partial charge in [-0.1, -0.05) is 5.16 Å². The van der Waals surface area contributed by atoms with E-state index in [4.69, 9.17) is 9.26 Å². The Morgan fingerprint density at radius 1 is 1.21 bits per heavy atom. The van der Waals surface area contributed by atoms with E-state index in [1.54, 1.807) is 21.1 Å². The van der Waals surface area contributed by atoms with E-state index in [9.17, 15) is 9.90 Å². The van der Waals surface area contributed by atoms with Crippen molar-refractivity contribution in [2.24, 2.45) is 7.05 Å². The molecule has 4 aromatic heterocycles. The molecule has 0 aliphatic carbocycles. The van der Waals surface area contributed by atoms with Gasteiger partial charge >= 0.3 is 5.97 Å². The molecule has 0 saturated heterocycles. The molecule has 0 radical (unpaired) electrons. The summed E-state index contributed by atoms with van der Waals surface area (Å²) in [6, 6.07) is 5.36. The van der Waals surface area contributed by atoms with Crippen LogP contribution >= 0.6 is 0 Å². The maximum Gasteiger partial charge on any atom is 0.356 e. The van der Waals surface area contributed by atoms with E-state index in [0.29, 0.717) is 34.6 Å². The maximum absolute atomic E-state index is 11.3. The lowest BCUT2D eigenvalue weighted by Gasteiger charge is -2.10. The first kappa shape index (κ1) is 20.5. The molecule has 11 heteroatoms. The molecule has 1 aromatic carbocycles. The molecule has 0 spiro atoms. The number of methoxy groups -OCH3 is 1. The summed E-state index contributed by atoms with van der Waals surface area (Å²) >= 11 is 0. The number of rotatable bonds is 5. The van der Waals surface area contributed by atoms with E-state index in [0.717, 1.165) is 33.1 Å². The minimum atomic E-state index is -1.11. The van der Waals surface area contributed by atoms with Gasteiger partial charge in [-0.3, -0.25) is 4.68 Å². The van der Waals surface area contributed by atoms with Crippen molar-refractivity contribution in [2.75, 3.05) is 12.4 Å². The lowest BCUT2D eigenvalue weighted by atomic mass is 10.0. The summed E-state index contributed by atoms with van der Waals surface area (Å²) in [6.07, 6.45) is 0. The Hall–Kier alpha value is -4.41. The second kappa shape index (κ2) is 7.33. The fourth-order valence-corrected chi connectivity index (χ4v) is 4.07. The highest BCUT2D eigenvalue weighted by Gasteiger charge is 2.21. The predicted molar refractivity (Wildman–Crippen MR) is 121 cm³/mol. The highest BCUT2D eigenvalue weighted by Crippen LogP contribution is 2.40. The van der Waals surface area contributed by atoms with Crippen LogP contribution in [-0.2, 0) is 7.05 Å². The first-order valence-electron chi connectivity index (χ1n) is 10.1. The Bertz CT molecular complexity index is 1540. The van der Waals surface area contributed by atoms with Crippen molar-refractivity contribution in [2.45, 2.75) is 20.8 Å². The molecule has 0 fully saturated rings. The third-order valence-corrected chi connectivity index (χ3v) is 5.53. The van der Waals surface area contributed by atoms with Crippen LogP contribution in [0.15, 0.2) is 22.7 Å². The highest BCUT2D eigenvalue weighted by atomic mass is 16.5. The summed E-state index contributed by atoms with van der Waals surface area (Å²) in [5.74, 6) is 1.81. The molecule has 4 heterocycles. The van der Waals surface area contributed by atoms with E-state index in [-0.39, 0.29) is 5.69 Å². The third-order valence-electron chi connectivity index (χ3n) is 5.53. The van der Waals surface area contributed by atoms with E-state index in [1.807, 2.05) is 26.0 Å². The van der Waals surface area contributed by atoms with Gasteiger partial charge in [0.1, 0.15) is 34.6 Å². The number of carboxylic acid groups (broad SMARTS) is 1. The van der Waals surface area contributed by atoms with E-state index in [2.05, 4.69) is 30.5 Å². The van der Waals surface area contributed by atoms with Gasteiger partial charge in [-0.2, -0.15) is 5.10 Å². The van der Waals surface area contributed by atoms with Gasteiger partial charge in [-0.05, 0) is 32.9 Å². The standard InChI is InChI=1S/C22H21N7O4/c1-9-18(10(2)33-28-9)13-6-14-12(7-16(13)32-5)19-20(25-14)23-11(3)24-21(19)26-17-8-15(22(30)31)27-29(17)4/h6-8H,1-5H3,(H,30,31)(H2,23,24,25,26). The van der Waals surface area contributed by atoms with Crippen molar-refractivity contribution in [3.05, 3.63) is 41.2 Å². The fourth-order valence-electron chi connectivity index (χ4n) is 4.07. The Balaban J connectivity index is 1.73. The number of benzene rings is 1. The molecule has 0 aliphatic rings. The number of carbonyl (C=O) groups is 1. The topological polar surface area (TPSA) is 144 Å². The minimum Gasteiger partial charge on any atom is -0.496 e. The molecule has 0 aliphatic heterocycles. The minimum absolute atomic E-state index is 0.0632. The van der Waals surface area contributed by atoms with Crippen LogP contribution in [0.5, 0.6) is 5.75 Å². The quantitative estimate of drug-likeness (QED) is 0.365. The molecule has 0 bridgehead atoms. The number of carboxylic acids is 1. The van der Waals surface area contributed by atoms with Gasteiger partial charge in [-0.25, -0.2) is 14.8 Å². The van der Waals surface area contributed by atoms with Crippen LogP contribution < -0.4 is 10.1 Å². The average Bonchev–Trinajstić information content (AvgIpc) is 3.41. The Morgan fingerprint density at radius 2 is 2.00 bits per heavy atom. The highest BCUT2D eigenvalue weighted by molar-refractivity contribution is 6.13. The number of nitrogens with one attached hydrogen (secondary N) is 2. The lowest BCUT2D eigenvalue weighted by Crippen LogP contribution is -2.03. The first-order chi connectivity index (χ1) is 15.8. The normalized spacial score (nSPS) is 11.4. The van der Waals surface area contributed by atoms with Crippen molar-refractivity contribution in [3.8, 4) is 16.9 Å². The predicted octanol–water partition coefficient (Wildman–Crippen LogP) is 3.88. The molecule has 0 unspecified atom stereocenters. The van der Waals surface area contributed by atoms with Crippen molar-refractivity contribution >= 4 is 39.5 Å². The van der Waals surface area contributed by atoms with Gasteiger partial charge in [-0.15, -0.1) is 0 Å². The average molecular weight is 447 g/mol. The van der Waals surface area contributed by atoms with Gasteiger partial charge in [0.25, 0.3) is 0 Å². The SMILES string of the molecule is COc1cc2c(cc1-c1c(C)noc1C)[nH]c1nc(C)nc(Nc3cc(C(=O)O)nn3C)c12. The van der Waals surface area contributed by atoms with Gasteiger partial charge in [0.15, 0.2) is 5.69 Å². The second-order valence-electron chi connectivity index (χ2n) is 7.73. The number of aryl methyl sites for hydroxylation is 4. The van der Waals surface area contributed by atoms with Crippen LogP contribution in [0.3, 0.4) is 0 Å². The lowest BCUT2D eigenvalue weighted by molar-refractivity contribution is 0.0689. The first-order valence-corrected chi connectivity index (χ1v) is 10.1. The number of nitrogens with zero attached hydrogens (tertiary/aromatic N) is 5. The van der Waals surface area contributed by atoms with Crippen LogP contribution in [0.25, 0.3) is 33.1 Å². The molecule has 5 aromatic rings. The summed E-state index contributed by atoms with van der Waals surface area (Å²) in [6.45, 7) is 5.54. The zero-order valence-electron chi connectivity index (χ0n) is 18.6. The molecule has 168 valence electrons. The Kier molecular flexibility index (Phi) is 4.55. The summed E-state index contributed by atoms with van der Waals surface area (Å²) < 4.78 is 12.5. The molecular formula is C22H21N7O4. The van der Waals surface area contributed by atoms with Crippen molar-refractivity contribution in [1.29, 1.82) is 0 Å². The number of hydrogen-bond acceptors (Lipinski definition) is 8. The summed E-state index contributed by atoms with van der Waals surface area (Å²) in [5, 5.41) is 22.1. The number of ether oxygens (including phenoxy) is 1. The Labute approximate surface area is 187 Å². The smallest absolute Gasteiger partial charge is 0.356 e. The number of anilines is 2.